The fraction of sp³-hybridized carbons (Fsp3) is 0.300. The third kappa shape index (κ3) is 4.83. The molecule has 0 bridgehead atoms. The molecule has 0 aliphatic carbocycles. The predicted octanol–water partition coefficient (Wildman–Crippen LogP) is 3.22. The van der Waals surface area contributed by atoms with Gasteiger partial charge in [-0.25, -0.2) is 4.79 Å². The molecule has 1 saturated heterocycles. The van der Waals surface area contributed by atoms with Crippen molar-refractivity contribution in [3.05, 3.63) is 71.8 Å². The Labute approximate surface area is 147 Å². The first-order valence-electron chi connectivity index (χ1n) is 8.54. The lowest BCUT2D eigenvalue weighted by atomic mass is 10.0. The minimum absolute atomic E-state index is 0.0445. The van der Waals surface area contributed by atoms with Gasteiger partial charge in [0.25, 0.3) is 5.91 Å². The lowest BCUT2D eigenvalue weighted by Gasteiger charge is -2.32. The van der Waals surface area contributed by atoms with Crippen LogP contribution in [0, 0.1) is 0 Å². The van der Waals surface area contributed by atoms with E-state index in [0.717, 1.165) is 18.4 Å². The number of hydrogen-bond donors (Lipinski definition) is 1. The Hall–Kier alpha value is -2.82. The molecule has 1 heterocycles. The van der Waals surface area contributed by atoms with Crippen molar-refractivity contribution in [1.82, 2.24) is 10.2 Å². The Kier molecular flexibility index (Phi) is 5.67. The average molecular weight is 338 g/mol. The van der Waals surface area contributed by atoms with Gasteiger partial charge in [0.2, 0.25) is 0 Å². The summed E-state index contributed by atoms with van der Waals surface area (Å²) in [5.41, 5.74) is 1.66. The van der Waals surface area contributed by atoms with E-state index in [1.54, 1.807) is 0 Å². The largest absolute Gasteiger partial charge is 0.445 e. The van der Waals surface area contributed by atoms with Gasteiger partial charge in [-0.15, -0.1) is 0 Å². The van der Waals surface area contributed by atoms with E-state index in [4.69, 9.17) is 4.74 Å². The van der Waals surface area contributed by atoms with E-state index >= 15 is 0 Å². The van der Waals surface area contributed by atoms with Gasteiger partial charge in [-0.2, -0.15) is 0 Å². The van der Waals surface area contributed by atoms with Crippen molar-refractivity contribution in [3.8, 4) is 0 Å². The summed E-state index contributed by atoms with van der Waals surface area (Å²) in [6, 6.07) is 18.9. The molecule has 3 rings (SSSR count). The van der Waals surface area contributed by atoms with E-state index in [1.165, 1.54) is 0 Å². The van der Waals surface area contributed by atoms with Crippen LogP contribution >= 0.6 is 0 Å². The molecule has 0 unspecified atom stereocenters. The first-order chi connectivity index (χ1) is 12.2. The van der Waals surface area contributed by atoms with E-state index < -0.39 is 6.09 Å². The molecule has 0 saturated carbocycles. The molecule has 1 aliphatic heterocycles. The van der Waals surface area contributed by atoms with Crippen LogP contribution in [-0.4, -0.2) is 36.0 Å². The number of benzene rings is 2. The minimum Gasteiger partial charge on any atom is -0.445 e. The van der Waals surface area contributed by atoms with Crippen molar-refractivity contribution in [2.45, 2.75) is 25.5 Å². The van der Waals surface area contributed by atoms with Crippen LogP contribution in [0.5, 0.6) is 0 Å². The Morgan fingerprint density at radius 2 is 1.56 bits per heavy atom. The van der Waals surface area contributed by atoms with E-state index in [9.17, 15) is 9.59 Å². The third-order valence-corrected chi connectivity index (χ3v) is 4.34. The van der Waals surface area contributed by atoms with Crippen molar-refractivity contribution in [3.63, 3.8) is 0 Å². The maximum absolute atomic E-state index is 12.4. The molecule has 2 amide bonds. The highest BCUT2D eigenvalue weighted by Gasteiger charge is 2.24. The molecular weight excluding hydrogens is 316 g/mol. The molecule has 5 nitrogen and oxygen atoms in total. The molecule has 25 heavy (non-hydrogen) atoms. The smallest absolute Gasteiger partial charge is 0.407 e. The van der Waals surface area contributed by atoms with Crippen LogP contribution in [0.15, 0.2) is 60.7 Å². The fourth-order valence-electron chi connectivity index (χ4n) is 2.92. The zero-order valence-electron chi connectivity index (χ0n) is 14.1. The standard InChI is InChI=1S/C20H22N2O3/c23-19(17-9-5-2-6-10-17)22-13-11-18(12-14-22)21-20(24)25-15-16-7-3-1-4-8-16/h1-10,18H,11-15H2,(H,21,24). The third-order valence-electron chi connectivity index (χ3n) is 4.34. The number of nitrogens with one attached hydrogen (secondary N) is 1. The number of rotatable bonds is 4. The zero-order valence-corrected chi connectivity index (χ0v) is 14.1. The second kappa shape index (κ2) is 8.33. The number of nitrogens with zero attached hydrogens (tertiary/aromatic N) is 1. The van der Waals surface area contributed by atoms with Crippen LogP contribution in [0.3, 0.4) is 0 Å². The highest BCUT2D eigenvalue weighted by molar-refractivity contribution is 5.94. The van der Waals surface area contributed by atoms with Gasteiger partial charge in [-0.3, -0.25) is 4.79 Å². The van der Waals surface area contributed by atoms with Gasteiger partial charge in [0.1, 0.15) is 6.61 Å². The van der Waals surface area contributed by atoms with E-state index in [2.05, 4.69) is 5.32 Å². The Bertz CT molecular complexity index is 695. The molecule has 1 fully saturated rings. The summed E-state index contributed by atoms with van der Waals surface area (Å²) in [5.74, 6) is 0.0469. The van der Waals surface area contributed by atoms with Crippen LogP contribution in [-0.2, 0) is 11.3 Å². The maximum Gasteiger partial charge on any atom is 0.407 e. The molecule has 2 aromatic carbocycles. The molecular formula is C20H22N2O3. The van der Waals surface area contributed by atoms with Gasteiger partial charge in [0.15, 0.2) is 0 Å². The average Bonchev–Trinajstić information content (AvgIpc) is 2.68. The number of carbonyl (C=O) groups is 2. The summed E-state index contributed by atoms with van der Waals surface area (Å²) >= 11 is 0. The molecule has 130 valence electrons. The Morgan fingerprint density at radius 1 is 0.960 bits per heavy atom. The van der Waals surface area contributed by atoms with Crippen molar-refractivity contribution in [1.29, 1.82) is 0 Å². The normalized spacial score (nSPS) is 14.8. The van der Waals surface area contributed by atoms with Gasteiger partial charge in [-0.05, 0) is 30.5 Å². The van der Waals surface area contributed by atoms with Crippen LogP contribution in [0.2, 0.25) is 0 Å². The number of ether oxygens (including phenoxy) is 1. The molecule has 0 radical (unpaired) electrons. The molecule has 1 N–H and O–H groups in total. The first kappa shape index (κ1) is 17.0. The SMILES string of the molecule is O=C(NC1CCN(C(=O)c2ccccc2)CC1)OCc1ccccc1. The van der Waals surface area contributed by atoms with Crippen LogP contribution < -0.4 is 5.32 Å². The lowest BCUT2D eigenvalue weighted by molar-refractivity contribution is 0.0701. The van der Waals surface area contributed by atoms with Gasteiger partial charge in [0, 0.05) is 24.7 Å². The molecule has 5 heteroatoms. The summed E-state index contributed by atoms with van der Waals surface area (Å²) in [5, 5.41) is 2.89. The number of amides is 2. The Balaban J connectivity index is 1.41. The summed E-state index contributed by atoms with van der Waals surface area (Å²) < 4.78 is 5.24. The minimum atomic E-state index is -0.406. The van der Waals surface area contributed by atoms with Gasteiger partial charge < -0.3 is 15.0 Å². The second-order valence-electron chi connectivity index (χ2n) is 6.14. The number of likely N-dealkylation sites (tertiary alicyclic amines) is 1. The molecule has 2 aromatic rings. The summed E-state index contributed by atoms with van der Waals surface area (Å²) in [7, 11) is 0. The zero-order chi connectivity index (χ0) is 17.5. The van der Waals surface area contributed by atoms with Crippen LogP contribution in [0.4, 0.5) is 4.79 Å². The second-order valence-corrected chi connectivity index (χ2v) is 6.14. The van der Waals surface area contributed by atoms with E-state index in [0.29, 0.717) is 18.7 Å². The maximum atomic E-state index is 12.4. The van der Waals surface area contributed by atoms with Crippen molar-refractivity contribution >= 4 is 12.0 Å². The predicted molar refractivity (Wildman–Crippen MR) is 95.1 cm³/mol. The molecule has 1 aliphatic rings. The number of piperidine rings is 1. The van der Waals surface area contributed by atoms with Crippen molar-refractivity contribution in [2.75, 3.05) is 13.1 Å². The molecule has 0 atom stereocenters. The first-order valence-corrected chi connectivity index (χ1v) is 8.54. The van der Waals surface area contributed by atoms with Crippen LogP contribution in [0.25, 0.3) is 0 Å². The summed E-state index contributed by atoms with van der Waals surface area (Å²) in [6.07, 6.45) is 1.06. The van der Waals surface area contributed by atoms with Gasteiger partial charge >= 0.3 is 6.09 Å². The van der Waals surface area contributed by atoms with Crippen molar-refractivity contribution in [2.24, 2.45) is 0 Å². The quantitative estimate of drug-likeness (QED) is 0.931. The van der Waals surface area contributed by atoms with E-state index in [1.807, 2.05) is 65.6 Å². The summed E-state index contributed by atoms with van der Waals surface area (Å²) in [4.78, 5) is 26.1. The monoisotopic (exact) mass is 338 g/mol. The topological polar surface area (TPSA) is 58.6 Å². The number of alkyl carbamates (subject to hydrolysis) is 1. The van der Waals surface area contributed by atoms with Gasteiger partial charge in [-0.1, -0.05) is 48.5 Å². The highest BCUT2D eigenvalue weighted by Crippen LogP contribution is 2.14. The van der Waals surface area contributed by atoms with Gasteiger partial charge in [0.05, 0.1) is 0 Å². The number of hydrogen-bond acceptors (Lipinski definition) is 3. The molecule has 0 aromatic heterocycles. The summed E-state index contributed by atoms with van der Waals surface area (Å²) in [6.45, 7) is 1.53. The molecule has 0 spiro atoms. The highest BCUT2D eigenvalue weighted by atomic mass is 16.5. The lowest BCUT2D eigenvalue weighted by Crippen LogP contribution is -2.46. The Morgan fingerprint density at radius 3 is 2.20 bits per heavy atom. The number of carbonyl (C=O) groups excluding carboxylic acids is 2. The van der Waals surface area contributed by atoms with Crippen LogP contribution in [0.1, 0.15) is 28.8 Å². The fourth-order valence-corrected chi connectivity index (χ4v) is 2.92. The van der Waals surface area contributed by atoms with E-state index in [-0.39, 0.29) is 18.6 Å². The van der Waals surface area contributed by atoms with Crippen molar-refractivity contribution < 1.29 is 14.3 Å².